The van der Waals surface area contributed by atoms with Crippen LogP contribution < -0.4 is 19.7 Å². The van der Waals surface area contributed by atoms with E-state index in [1.165, 1.54) is 12.4 Å². The van der Waals surface area contributed by atoms with Gasteiger partial charge in [0, 0.05) is 37.2 Å². The van der Waals surface area contributed by atoms with Crippen LogP contribution in [0.3, 0.4) is 0 Å². The molecule has 8 heteroatoms. The topological polar surface area (TPSA) is 85.8 Å². The number of fused-ring (bicyclic) bond motifs is 1. The number of benzene rings is 1. The van der Waals surface area contributed by atoms with Crippen LogP contribution in [0, 0.1) is 0 Å². The van der Waals surface area contributed by atoms with Crippen molar-refractivity contribution in [3.05, 3.63) is 36.2 Å². The molecule has 0 aliphatic carbocycles. The van der Waals surface area contributed by atoms with E-state index in [2.05, 4.69) is 15.3 Å². The van der Waals surface area contributed by atoms with E-state index in [1.807, 2.05) is 4.90 Å². The summed E-state index contributed by atoms with van der Waals surface area (Å²) in [7, 11) is 0. The maximum atomic E-state index is 12.3. The van der Waals surface area contributed by atoms with E-state index in [9.17, 15) is 4.79 Å². The highest BCUT2D eigenvalue weighted by Crippen LogP contribution is 2.34. The lowest BCUT2D eigenvalue weighted by molar-refractivity contribution is 0.102. The van der Waals surface area contributed by atoms with Crippen LogP contribution in [0.2, 0.25) is 0 Å². The molecule has 124 valence electrons. The van der Waals surface area contributed by atoms with Crippen LogP contribution in [0.15, 0.2) is 30.6 Å². The van der Waals surface area contributed by atoms with Gasteiger partial charge >= 0.3 is 0 Å². The summed E-state index contributed by atoms with van der Waals surface area (Å²) in [5.74, 6) is 1.62. The van der Waals surface area contributed by atoms with Gasteiger partial charge in [0.05, 0.1) is 18.8 Å². The number of aromatic nitrogens is 2. The van der Waals surface area contributed by atoms with Crippen molar-refractivity contribution in [1.29, 1.82) is 0 Å². The third-order valence-corrected chi connectivity index (χ3v) is 3.82. The molecule has 24 heavy (non-hydrogen) atoms. The van der Waals surface area contributed by atoms with Crippen molar-refractivity contribution in [1.82, 2.24) is 9.97 Å². The second kappa shape index (κ2) is 6.32. The molecule has 1 amide bonds. The van der Waals surface area contributed by atoms with Gasteiger partial charge in [-0.2, -0.15) is 0 Å². The third-order valence-electron chi connectivity index (χ3n) is 3.82. The van der Waals surface area contributed by atoms with E-state index in [0.29, 0.717) is 41.9 Å². The van der Waals surface area contributed by atoms with Crippen LogP contribution in [0.25, 0.3) is 0 Å². The SMILES string of the molecule is O=C(Nc1ccc2c(c1)OCO2)c1cnc(N2CCOCC2)nc1. The minimum Gasteiger partial charge on any atom is -0.454 e. The number of anilines is 2. The predicted molar refractivity (Wildman–Crippen MR) is 85.6 cm³/mol. The van der Waals surface area contributed by atoms with Crippen molar-refractivity contribution in [2.45, 2.75) is 0 Å². The molecule has 1 aromatic carbocycles. The number of rotatable bonds is 3. The molecule has 0 radical (unpaired) electrons. The zero-order chi connectivity index (χ0) is 16.4. The summed E-state index contributed by atoms with van der Waals surface area (Å²) in [4.78, 5) is 22.9. The summed E-state index contributed by atoms with van der Waals surface area (Å²) < 4.78 is 15.8. The molecule has 0 unspecified atom stereocenters. The Morgan fingerprint density at radius 3 is 2.62 bits per heavy atom. The van der Waals surface area contributed by atoms with Crippen LogP contribution in [0.4, 0.5) is 11.6 Å². The van der Waals surface area contributed by atoms with Crippen LogP contribution >= 0.6 is 0 Å². The average molecular weight is 328 g/mol. The number of ether oxygens (including phenoxy) is 3. The van der Waals surface area contributed by atoms with Gasteiger partial charge in [0.2, 0.25) is 12.7 Å². The van der Waals surface area contributed by atoms with Crippen LogP contribution in [0.5, 0.6) is 11.5 Å². The molecule has 3 heterocycles. The third kappa shape index (κ3) is 2.95. The van der Waals surface area contributed by atoms with Gasteiger partial charge in [-0.25, -0.2) is 9.97 Å². The Labute approximate surface area is 138 Å². The monoisotopic (exact) mass is 328 g/mol. The Hall–Kier alpha value is -2.87. The predicted octanol–water partition coefficient (Wildman–Crippen LogP) is 1.29. The fourth-order valence-corrected chi connectivity index (χ4v) is 2.54. The van der Waals surface area contributed by atoms with Gasteiger partial charge in [0.1, 0.15) is 0 Å². The zero-order valence-corrected chi connectivity index (χ0v) is 12.9. The minimum absolute atomic E-state index is 0.198. The first-order valence-corrected chi connectivity index (χ1v) is 7.65. The molecule has 1 N–H and O–H groups in total. The number of amides is 1. The summed E-state index contributed by atoms with van der Waals surface area (Å²) in [6, 6.07) is 5.24. The van der Waals surface area contributed by atoms with Crippen molar-refractivity contribution in [3.8, 4) is 11.5 Å². The summed E-state index contributed by atoms with van der Waals surface area (Å²) in [6.45, 7) is 3.03. The molecule has 2 aliphatic heterocycles. The van der Waals surface area contributed by atoms with Gasteiger partial charge in [0.15, 0.2) is 11.5 Å². The number of hydrogen-bond donors (Lipinski definition) is 1. The summed E-state index contributed by atoms with van der Waals surface area (Å²) in [5.41, 5.74) is 1.02. The molecule has 1 saturated heterocycles. The van der Waals surface area contributed by atoms with Gasteiger partial charge in [0.25, 0.3) is 5.91 Å². The largest absolute Gasteiger partial charge is 0.454 e. The highest BCUT2D eigenvalue weighted by atomic mass is 16.7. The van der Waals surface area contributed by atoms with Crippen LogP contribution in [-0.4, -0.2) is 49.0 Å². The second-order valence-electron chi connectivity index (χ2n) is 5.39. The van der Waals surface area contributed by atoms with Crippen LogP contribution in [0.1, 0.15) is 10.4 Å². The normalized spacial score (nSPS) is 16.1. The Kier molecular flexibility index (Phi) is 3.87. The molecule has 8 nitrogen and oxygen atoms in total. The Balaban J connectivity index is 1.44. The molecular weight excluding hydrogens is 312 g/mol. The summed E-state index contributed by atoms with van der Waals surface area (Å²) >= 11 is 0. The number of nitrogens with zero attached hydrogens (tertiary/aromatic N) is 3. The van der Waals surface area contributed by atoms with Gasteiger partial charge in [-0.05, 0) is 12.1 Å². The number of carbonyl (C=O) groups is 1. The van der Waals surface area contributed by atoms with Gasteiger partial charge in [-0.1, -0.05) is 0 Å². The second-order valence-corrected chi connectivity index (χ2v) is 5.39. The molecule has 0 saturated carbocycles. The van der Waals surface area contributed by atoms with Gasteiger partial charge < -0.3 is 24.4 Å². The number of hydrogen-bond acceptors (Lipinski definition) is 7. The Morgan fingerprint density at radius 2 is 1.83 bits per heavy atom. The zero-order valence-electron chi connectivity index (χ0n) is 12.9. The van der Waals surface area contributed by atoms with E-state index in [-0.39, 0.29) is 12.7 Å². The smallest absolute Gasteiger partial charge is 0.258 e. The van der Waals surface area contributed by atoms with E-state index in [4.69, 9.17) is 14.2 Å². The minimum atomic E-state index is -0.276. The van der Waals surface area contributed by atoms with Gasteiger partial charge in [-0.15, -0.1) is 0 Å². The van der Waals surface area contributed by atoms with Gasteiger partial charge in [-0.3, -0.25) is 4.79 Å². The molecule has 1 aromatic heterocycles. The Morgan fingerprint density at radius 1 is 1.08 bits per heavy atom. The van der Waals surface area contributed by atoms with Crippen molar-refractivity contribution in [2.24, 2.45) is 0 Å². The van der Waals surface area contributed by atoms with E-state index < -0.39 is 0 Å². The van der Waals surface area contributed by atoms with Crippen molar-refractivity contribution in [3.63, 3.8) is 0 Å². The maximum Gasteiger partial charge on any atom is 0.258 e. The number of morpholine rings is 1. The standard InChI is InChI=1S/C16H16N4O4/c21-15(19-12-1-2-13-14(7-12)24-10-23-13)11-8-17-16(18-9-11)20-3-5-22-6-4-20/h1-2,7-9H,3-6,10H2,(H,19,21). The van der Waals surface area contributed by atoms with E-state index in [1.54, 1.807) is 18.2 Å². The first kappa shape index (κ1) is 14.7. The van der Waals surface area contributed by atoms with Crippen LogP contribution in [-0.2, 0) is 4.74 Å². The fourth-order valence-electron chi connectivity index (χ4n) is 2.54. The molecule has 2 aromatic rings. The fraction of sp³-hybridized carbons (Fsp3) is 0.312. The van der Waals surface area contributed by atoms with E-state index in [0.717, 1.165) is 13.1 Å². The summed E-state index contributed by atoms with van der Waals surface area (Å²) in [6.07, 6.45) is 3.06. The van der Waals surface area contributed by atoms with Crippen molar-refractivity contribution >= 4 is 17.5 Å². The highest BCUT2D eigenvalue weighted by Gasteiger charge is 2.16. The molecule has 2 aliphatic rings. The first-order chi connectivity index (χ1) is 11.8. The van der Waals surface area contributed by atoms with Crippen molar-refractivity contribution in [2.75, 3.05) is 43.3 Å². The quantitative estimate of drug-likeness (QED) is 0.908. The number of nitrogens with one attached hydrogen (secondary N) is 1. The molecular formula is C16H16N4O4. The highest BCUT2D eigenvalue weighted by molar-refractivity contribution is 6.04. The first-order valence-electron chi connectivity index (χ1n) is 7.65. The molecule has 1 fully saturated rings. The maximum absolute atomic E-state index is 12.3. The number of carbonyl (C=O) groups excluding carboxylic acids is 1. The molecule has 0 atom stereocenters. The summed E-state index contributed by atoms with van der Waals surface area (Å²) in [5, 5.41) is 2.80. The lowest BCUT2D eigenvalue weighted by atomic mass is 10.2. The van der Waals surface area contributed by atoms with Crippen molar-refractivity contribution < 1.29 is 19.0 Å². The average Bonchev–Trinajstić information content (AvgIpc) is 3.10. The molecule has 0 bridgehead atoms. The molecule has 4 rings (SSSR count). The van der Waals surface area contributed by atoms with E-state index >= 15 is 0 Å². The lowest BCUT2D eigenvalue weighted by Gasteiger charge is -2.26. The lowest BCUT2D eigenvalue weighted by Crippen LogP contribution is -2.37. The molecule has 0 spiro atoms. The Bertz CT molecular complexity index is 744.